The van der Waals surface area contributed by atoms with Crippen molar-refractivity contribution in [3.63, 3.8) is 0 Å². The minimum absolute atomic E-state index is 0.0329. The Bertz CT molecular complexity index is 432. The highest BCUT2D eigenvalue weighted by Crippen LogP contribution is 2.12. The molecule has 0 saturated carbocycles. The zero-order chi connectivity index (χ0) is 14.3. The monoisotopic (exact) mass is 271 g/mol. The molecule has 8 heteroatoms. The molecule has 0 aliphatic carbocycles. The van der Waals surface area contributed by atoms with E-state index in [2.05, 4.69) is 4.98 Å². The lowest BCUT2D eigenvalue weighted by atomic mass is 10.2. The standard InChI is InChI=1S/C11H17N3O5/c1-13(2-4-19-5-3-15)8-11(16)10-6-9(7-12-10)14(17)18/h6-7,12,15H,2-5,8H2,1H3. The number of Topliss-reactive ketones (excluding diaryl/α,β-unsaturated/α-hetero) is 1. The van der Waals surface area contributed by atoms with E-state index < -0.39 is 4.92 Å². The lowest BCUT2D eigenvalue weighted by Crippen LogP contribution is -2.29. The molecule has 0 aliphatic rings. The van der Waals surface area contributed by atoms with Gasteiger partial charge in [0.1, 0.15) is 0 Å². The average molecular weight is 271 g/mol. The second kappa shape index (κ2) is 7.62. The van der Waals surface area contributed by atoms with Gasteiger partial charge in [-0.15, -0.1) is 0 Å². The van der Waals surface area contributed by atoms with Gasteiger partial charge in [0, 0.05) is 12.6 Å². The van der Waals surface area contributed by atoms with Gasteiger partial charge in [-0.2, -0.15) is 0 Å². The van der Waals surface area contributed by atoms with E-state index in [9.17, 15) is 14.9 Å². The minimum Gasteiger partial charge on any atom is -0.394 e. The zero-order valence-electron chi connectivity index (χ0n) is 10.7. The molecule has 0 atom stereocenters. The van der Waals surface area contributed by atoms with Gasteiger partial charge in [0.2, 0.25) is 0 Å². The van der Waals surface area contributed by atoms with Gasteiger partial charge in [-0.25, -0.2) is 0 Å². The number of ketones is 1. The van der Waals surface area contributed by atoms with Crippen LogP contribution in [0.1, 0.15) is 10.5 Å². The topological polar surface area (TPSA) is 109 Å². The number of aromatic amines is 1. The molecule has 1 aromatic heterocycles. The molecule has 0 aromatic carbocycles. The van der Waals surface area contributed by atoms with Crippen LogP contribution >= 0.6 is 0 Å². The van der Waals surface area contributed by atoms with E-state index in [1.165, 1.54) is 12.3 Å². The summed E-state index contributed by atoms with van der Waals surface area (Å²) in [5, 5.41) is 19.0. The maximum absolute atomic E-state index is 11.8. The first-order chi connectivity index (χ1) is 9.04. The van der Waals surface area contributed by atoms with Crippen molar-refractivity contribution in [1.82, 2.24) is 9.88 Å². The fourth-order valence-electron chi connectivity index (χ4n) is 1.45. The molecule has 8 nitrogen and oxygen atoms in total. The number of hydrogen-bond acceptors (Lipinski definition) is 6. The molecule has 0 unspecified atom stereocenters. The number of nitrogens with zero attached hydrogens (tertiary/aromatic N) is 2. The van der Waals surface area contributed by atoms with Crippen molar-refractivity contribution in [3.05, 3.63) is 28.1 Å². The smallest absolute Gasteiger partial charge is 0.287 e. The second-order valence-electron chi connectivity index (χ2n) is 4.03. The number of carbonyl (C=O) groups is 1. The van der Waals surface area contributed by atoms with Crippen molar-refractivity contribution in [2.24, 2.45) is 0 Å². The summed E-state index contributed by atoms with van der Waals surface area (Å²) in [6.07, 6.45) is 1.19. The first-order valence-electron chi connectivity index (χ1n) is 5.77. The van der Waals surface area contributed by atoms with Gasteiger partial charge in [0.15, 0.2) is 5.78 Å². The van der Waals surface area contributed by atoms with Crippen LogP contribution in [0.15, 0.2) is 12.3 Å². The number of rotatable bonds is 9. The van der Waals surface area contributed by atoms with E-state index in [0.717, 1.165) is 0 Å². The molecule has 0 bridgehead atoms. The first-order valence-corrected chi connectivity index (χ1v) is 5.77. The van der Waals surface area contributed by atoms with Crippen molar-refractivity contribution in [3.8, 4) is 0 Å². The maximum Gasteiger partial charge on any atom is 0.287 e. The Labute approximate surface area is 110 Å². The van der Waals surface area contributed by atoms with Crippen LogP contribution in [0.5, 0.6) is 0 Å². The van der Waals surface area contributed by atoms with Crippen LogP contribution in [0.4, 0.5) is 5.69 Å². The molecule has 106 valence electrons. The molecule has 0 radical (unpaired) electrons. The Hall–Kier alpha value is -1.77. The Morgan fingerprint density at radius 1 is 1.58 bits per heavy atom. The molecule has 0 spiro atoms. The number of nitrogens with one attached hydrogen (secondary N) is 1. The van der Waals surface area contributed by atoms with E-state index in [1.807, 2.05) is 0 Å². The van der Waals surface area contributed by atoms with Gasteiger partial charge < -0.3 is 14.8 Å². The number of likely N-dealkylation sites (N-methyl/N-ethyl adjacent to an activating group) is 1. The van der Waals surface area contributed by atoms with E-state index >= 15 is 0 Å². The number of H-pyrrole nitrogens is 1. The first kappa shape index (κ1) is 15.3. The summed E-state index contributed by atoms with van der Waals surface area (Å²) in [5.74, 6) is -0.224. The van der Waals surface area contributed by atoms with Crippen LogP contribution in [0.3, 0.4) is 0 Å². The second-order valence-corrected chi connectivity index (χ2v) is 4.03. The van der Waals surface area contributed by atoms with Crippen LogP contribution < -0.4 is 0 Å². The molecule has 1 heterocycles. The number of nitro groups is 1. The number of aromatic nitrogens is 1. The zero-order valence-corrected chi connectivity index (χ0v) is 10.7. The highest BCUT2D eigenvalue weighted by molar-refractivity contribution is 5.96. The summed E-state index contributed by atoms with van der Waals surface area (Å²) in [4.78, 5) is 26.1. The molecule has 0 amide bonds. The van der Waals surface area contributed by atoms with Crippen LogP contribution in [-0.4, -0.2) is 65.7 Å². The highest BCUT2D eigenvalue weighted by Gasteiger charge is 2.15. The molecule has 1 aromatic rings. The fraction of sp³-hybridized carbons (Fsp3) is 0.545. The lowest BCUT2D eigenvalue weighted by molar-refractivity contribution is -0.384. The summed E-state index contributed by atoms with van der Waals surface area (Å²) < 4.78 is 5.08. The average Bonchev–Trinajstić information content (AvgIpc) is 2.84. The highest BCUT2D eigenvalue weighted by atomic mass is 16.6. The Morgan fingerprint density at radius 3 is 2.89 bits per heavy atom. The number of aliphatic hydroxyl groups is 1. The van der Waals surface area contributed by atoms with Crippen LogP contribution in [0.2, 0.25) is 0 Å². The van der Waals surface area contributed by atoms with Crippen molar-refractivity contribution >= 4 is 11.5 Å². The van der Waals surface area contributed by atoms with Gasteiger partial charge in [0.25, 0.3) is 5.69 Å². The van der Waals surface area contributed by atoms with E-state index in [4.69, 9.17) is 9.84 Å². The Kier molecular flexibility index (Phi) is 6.13. The summed E-state index contributed by atoms with van der Waals surface area (Å²) >= 11 is 0. The molecule has 19 heavy (non-hydrogen) atoms. The van der Waals surface area contributed by atoms with Gasteiger partial charge in [-0.3, -0.25) is 19.8 Å². The molecule has 2 N–H and O–H groups in total. The molecular weight excluding hydrogens is 254 g/mol. The Balaban J connectivity index is 2.38. The number of carbonyl (C=O) groups excluding carboxylic acids is 1. The van der Waals surface area contributed by atoms with Crippen LogP contribution in [0.25, 0.3) is 0 Å². The number of ether oxygens (including phenoxy) is 1. The molecule has 0 saturated heterocycles. The number of hydrogen-bond donors (Lipinski definition) is 2. The van der Waals surface area contributed by atoms with Crippen LogP contribution in [-0.2, 0) is 4.74 Å². The van der Waals surface area contributed by atoms with Gasteiger partial charge in [-0.1, -0.05) is 0 Å². The molecule has 0 aliphatic heterocycles. The summed E-state index contributed by atoms with van der Waals surface area (Å²) in [6, 6.07) is 1.22. The summed E-state index contributed by atoms with van der Waals surface area (Å²) in [7, 11) is 1.75. The lowest BCUT2D eigenvalue weighted by Gasteiger charge is -2.14. The van der Waals surface area contributed by atoms with E-state index in [1.54, 1.807) is 11.9 Å². The third kappa shape index (κ3) is 5.16. The fourth-order valence-corrected chi connectivity index (χ4v) is 1.45. The summed E-state index contributed by atoms with van der Waals surface area (Å²) in [5.41, 5.74) is 0.0899. The van der Waals surface area contributed by atoms with Gasteiger partial charge in [0.05, 0.1) is 43.2 Å². The SMILES string of the molecule is CN(CCOCCO)CC(=O)c1cc([N+](=O)[O-])c[nH]1. The molecule has 1 rings (SSSR count). The van der Waals surface area contributed by atoms with Crippen molar-refractivity contribution in [1.29, 1.82) is 0 Å². The van der Waals surface area contributed by atoms with Gasteiger partial charge in [-0.05, 0) is 7.05 Å². The van der Waals surface area contributed by atoms with Gasteiger partial charge >= 0.3 is 0 Å². The molecular formula is C11H17N3O5. The summed E-state index contributed by atoms with van der Waals surface area (Å²) in [6.45, 7) is 1.32. The quantitative estimate of drug-likeness (QED) is 0.284. The van der Waals surface area contributed by atoms with E-state index in [0.29, 0.717) is 13.2 Å². The normalized spacial score (nSPS) is 10.9. The predicted molar refractivity (Wildman–Crippen MR) is 67.2 cm³/mol. The largest absolute Gasteiger partial charge is 0.394 e. The predicted octanol–water partition coefficient (Wildman–Crippen LogP) is 0.0463. The molecule has 0 fully saturated rings. The minimum atomic E-state index is -0.556. The van der Waals surface area contributed by atoms with Crippen molar-refractivity contribution in [2.75, 3.05) is 40.0 Å². The third-order valence-electron chi connectivity index (χ3n) is 2.45. The van der Waals surface area contributed by atoms with Crippen LogP contribution in [0, 0.1) is 10.1 Å². The van der Waals surface area contributed by atoms with E-state index in [-0.39, 0.29) is 36.9 Å². The van der Waals surface area contributed by atoms with Crippen molar-refractivity contribution in [2.45, 2.75) is 0 Å². The maximum atomic E-state index is 11.8. The Morgan fingerprint density at radius 2 is 2.32 bits per heavy atom. The number of aliphatic hydroxyl groups excluding tert-OH is 1. The third-order valence-corrected chi connectivity index (χ3v) is 2.45. The van der Waals surface area contributed by atoms with Crippen molar-refractivity contribution < 1.29 is 19.6 Å².